The maximum atomic E-state index is 6.39. The monoisotopic (exact) mass is 308 g/mol. The normalized spacial score (nSPS) is 10.9. The minimum Gasteiger partial charge on any atom is -0.481 e. The molecule has 2 aromatic rings. The number of hydrogen-bond acceptors (Lipinski definition) is 4. The molecular formula is C15H21ClN4O. The number of pyridine rings is 1. The van der Waals surface area contributed by atoms with Crippen LogP contribution in [0.2, 0.25) is 5.02 Å². The van der Waals surface area contributed by atoms with E-state index in [-0.39, 0.29) is 0 Å². The number of hydrogen-bond donors (Lipinski definition) is 1. The van der Waals surface area contributed by atoms with E-state index < -0.39 is 0 Å². The molecule has 0 amide bonds. The summed E-state index contributed by atoms with van der Waals surface area (Å²) in [6, 6.07) is 3.90. The van der Waals surface area contributed by atoms with Crippen LogP contribution < -0.4 is 10.1 Å². The molecule has 0 aliphatic carbocycles. The highest BCUT2D eigenvalue weighted by Gasteiger charge is 2.14. The van der Waals surface area contributed by atoms with Crippen LogP contribution in [0.3, 0.4) is 0 Å². The number of methoxy groups -OCH3 is 1. The van der Waals surface area contributed by atoms with Gasteiger partial charge in [0.25, 0.3) is 0 Å². The van der Waals surface area contributed by atoms with Gasteiger partial charge in [0.2, 0.25) is 5.88 Å². The third-order valence-corrected chi connectivity index (χ3v) is 3.78. The highest BCUT2D eigenvalue weighted by atomic mass is 35.5. The van der Waals surface area contributed by atoms with Gasteiger partial charge in [-0.1, -0.05) is 24.6 Å². The van der Waals surface area contributed by atoms with Crippen LogP contribution in [0, 0.1) is 0 Å². The van der Waals surface area contributed by atoms with Crippen molar-refractivity contribution in [3.05, 3.63) is 40.3 Å². The lowest BCUT2D eigenvalue weighted by Crippen LogP contribution is -2.17. The standard InChI is InChI=1S/C15H21ClN4O/c1-4-12-14(16)13(20(5-2)19-12)10-17-9-11-7-6-8-18-15(11)21-3/h6-8,17H,4-5,9-10H2,1-3H3. The summed E-state index contributed by atoms with van der Waals surface area (Å²) in [7, 11) is 1.63. The van der Waals surface area contributed by atoms with E-state index in [1.54, 1.807) is 13.3 Å². The lowest BCUT2D eigenvalue weighted by molar-refractivity contribution is 0.390. The Hall–Kier alpha value is -1.59. The van der Waals surface area contributed by atoms with Crippen molar-refractivity contribution in [2.75, 3.05) is 7.11 Å². The topological polar surface area (TPSA) is 52.0 Å². The van der Waals surface area contributed by atoms with Crippen LogP contribution >= 0.6 is 11.6 Å². The van der Waals surface area contributed by atoms with Crippen molar-refractivity contribution in [1.29, 1.82) is 0 Å². The van der Waals surface area contributed by atoms with E-state index in [1.807, 2.05) is 16.8 Å². The first-order chi connectivity index (χ1) is 10.2. The molecule has 2 rings (SSSR count). The van der Waals surface area contributed by atoms with Crippen LogP contribution in [-0.2, 0) is 26.1 Å². The average Bonchev–Trinajstić information content (AvgIpc) is 2.83. The van der Waals surface area contributed by atoms with Crippen LogP contribution in [-0.4, -0.2) is 21.9 Å². The summed E-state index contributed by atoms with van der Waals surface area (Å²) >= 11 is 6.39. The van der Waals surface area contributed by atoms with Crippen molar-refractivity contribution in [3.8, 4) is 5.88 Å². The van der Waals surface area contributed by atoms with Crippen LogP contribution in [0.4, 0.5) is 0 Å². The van der Waals surface area contributed by atoms with Gasteiger partial charge < -0.3 is 10.1 Å². The van der Waals surface area contributed by atoms with Gasteiger partial charge >= 0.3 is 0 Å². The van der Waals surface area contributed by atoms with Crippen molar-refractivity contribution >= 4 is 11.6 Å². The van der Waals surface area contributed by atoms with Gasteiger partial charge in [-0.25, -0.2) is 4.98 Å². The molecule has 1 N–H and O–H groups in total. The van der Waals surface area contributed by atoms with Gasteiger partial charge in [0.05, 0.1) is 23.5 Å². The lowest BCUT2D eigenvalue weighted by Gasteiger charge is -2.09. The Morgan fingerprint density at radius 1 is 1.33 bits per heavy atom. The fourth-order valence-corrected chi connectivity index (χ4v) is 2.58. The molecule has 2 aromatic heterocycles. The molecule has 0 saturated carbocycles. The van der Waals surface area contributed by atoms with Crippen LogP contribution in [0.5, 0.6) is 5.88 Å². The van der Waals surface area contributed by atoms with Crippen LogP contribution in [0.25, 0.3) is 0 Å². The summed E-state index contributed by atoms with van der Waals surface area (Å²) in [4.78, 5) is 4.19. The van der Waals surface area contributed by atoms with Crippen molar-refractivity contribution in [2.45, 2.75) is 39.9 Å². The Bertz CT molecular complexity index is 597. The van der Waals surface area contributed by atoms with Crippen LogP contribution in [0.1, 0.15) is 30.8 Å². The molecule has 0 fully saturated rings. The molecule has 0 radical (unpaired) electrons. The van der Waals surface area contributed by atoms with Crippen molar-refractivity contribution in [1.82, 2.24) is 20.1 Å². The first kappa shape index (κ1) is 15.8. The minimum atomic E-state index is 0.648. The molecule has 0 aromatic carbocycles. The van der Waals surface area contributed by atoms with Gasteiger partial charge in [0, 0.05) is 31.4 Å². The predicted molar refractivity (Wildman–Crippen MR) is 83.6 cm³/mol. The fourth-order valence-electron chi connectivity index (χ4n) is 2.24. The van der Waals surface area contributed by atoms with Crippen molar-refractivity contribution in [2.24, 2.45) is 0 Å². The number of aryl methyl sites for hydroxylation is 2. The zero-order valence-electron chi connectivity index (χ0n) is 12.7. The third-order valence-electron chi connectivity index (χ3n) is 3.35. The van der Waals surface area contributed by atoms with E-state index in [0.29, 0.717) is 19.0 Å². The van der Waals surface area contributed by atoms with E-state index in [9.17, 15) is 0 Å². The number of halogens is 1. The molecule has 0 bridgehead atoms. The number of nitrogens with zero attached hydrogens (tertiary/aromatic N) is 3. The first-order valence-corrected chi connectivity index (χ1v) is 7.51. The molecule has 5 nitrogen and oxygen atoms in total. The summed E-state index contributed by atoms with van der Waals surface area (Å²) in [6.45, 7) is 6.27. The molecule has 21 heavy (non-hydrogen) atoms. The smallest absolute Gasteiger partial charge is 0.217 e. The molecule has 0 aliphatic heterocycles. The number of ether oxygens (including phenoxy) is 1. The molecule has 0 atom stereocenters. The van der Waals surface area contributed by atoms with E-state index in [0.717, 1.165) is 34.9 Å². The summed E-state index contributed by atoms with van der Waals surface area (Å²) < 4.78 is 7.20. The second-order valence-corrected chi connectivity index (χ2v) is 5.03. The summed E-state index contributed by atoms with van der Waals surface area (Å²) in [5.41, 5.74) is 3.00. The van der Waals surface area contributed by atoms with E-state index in [2.05, 4.69) is 29.2 Å². The van der Waals surface area contributed by atoms with E-state index in [4.69, 9.17) is 16.3 Å². The second kappa shape index (κ2) is 7.43. The van der Waals surface area contributed by atoms with E-state index in [1.165, 1.54) is 0 Å². The minimum absolute atomic E-state index is 0.648. The zero-order chi connectivity index (χ0) is 15.2. The lowest BCUT2D eigenvalue weighted by atomic mass is 10.2. The van der Waals surface area contributed by atoms with Gasteiger partial charge in [-0.15, -0.1) is 0 Å². The summed E-state index contributed by atoms with van der Waals surface area (Å²) in [5.74, 6) is 0.648. The maximum Gasteiger partial charge on any atom is 0.217 e. The Kier molecular flexibility index (Phi) is 5.59. The quantitative estimate of drug-likeness (QED) is 0.854. The van der Waals surface area contributed by atoms with Gasteiger partial charge in [-0.3, -0.25) is 4.68 Å². The fraction of sp³-hybridized carbons (Fsp3) is 0.467. The van der Waals surface area contributed by atoms with Gasteiger partial charge in [0.1, 0.15) is 0 Å². The largest absolute Gasteiger partial charge is 0.481 e. The molecule has 0 unspecified atom stereocenters. The molecule has 6 heteroatoms. The van der Waals surface area contributed by atoms with Crippen LogP contribution in [0.15, 0.2) is 18.3 Å². The van der Waals surface area contributed by atoms with Gasteiger partial charge in [-0.2, -0.15) is 5.10 Å². The Labute approximate surface area is 130 Å². The number of rotatable bonds is 7. The highest BCUT2D eigenvalue weighted by molar-refractivity contribution is 6.31. The summed E-state index contributed by atoms with van der Waals surface area (Å²) in [6.07, 6.45) is 2.56. The Morgan fingerprint density at radius 3 is 2.81 bits per heavy atom. The Balaban J connectivity index is 2.05. The van der Waals surface area contributed by atoms with Gasteiger partial charge in [-0.05, 0) is 19.4 Å². The average molecular weight is 309 g/mol. The maximum absolute atomic E-state index is 6.39. The molecule has 0 saturated heterocycles. The third kappa shape index (κ3) is 3.54. The number of nitrogens with one attached hydrogen (secondary N) is 1. The van der Waals surface area contributed by atoms with Crippen molar-refractivity contribution in [3.63, 3.8) is 0 Å². The van der Waals surface area contributed by atoms with E-state index >= 15 is 0 Å². The predicted octanol–water partition coefficient (Wildman–Crippen LogP) is 2.81. The zero-order valence-corrected chi connectivity index (χ0v) is 13.4. The highest BCUT2D eigenvalue weighted by Crippen LogP contribution is 2.22. The second-order valence-electron chi connectivity index (χ2n) is 4.65. The number of aromatic nitrogens is 3. The SMILES string of the molecule is CCc1nn(CC)c(CNCc2cccnc2OC)c1Cl. The summed E-state index contributed by atoms with van der Waals surface area (Å²) in [5, 5.41) is 8.66. The molecular weight excluding hydrogens is 288 g/mol. The van der Waals surface area contributed by atoms with Crippen molar-refractivity contribution < 1.29 is 4.74 Å². The molecule has 0 spiro atoms. The molecule has 0 aliphatic rings. The van der Waals surface area contributed by atoms with Gasteiger partial charge in [0.15, 0.2) is 0 Å². The molecule has 2 heterocycles. The molecule has 114 valence electrons. The Morgan fingerprint density at radius 2 is 2.14 bits per heavy atom. The first-order valence-electron chi connectivity index (χ1n) is 7.13.